The van der Waals surface area contributed by atoms with Crippen molar-refractivity contribution in [3.8, 4) is 0 Å². The Morgan fingerprint density at radius 1 is 0.684 bits per heavy atom. The number of unbranched alkanes of at least 4 members (excludes halogenated alkanes) is 11. The Labute approximate surface area is 121 Å². The van der Waals surface area contributed by atoms with Crippen molar-refractivity contribution in [2.24, 2.45) is 0 Å². The van der Waals surface area contributed by atoms with Crippen molar-refractivity contribution in [2.75, 3.05) is 14.1 Å². The normalized spacial score (nSPS) is 13.1. The monoisotopic (exact) mass is 271 g/mol. The minimum absolute atomic E-state index is 0.247. The van der Waals surface area contributed by atoms with Gasteiger partial charge in [-0.3, -0.25) is 4.90 Å². The maximum absolute atomic E-state index is 9.61. The molecular formula is C17H37NO. The van der Waals surface area contributed by atoms with E-state index in [2.05, 4.69) is 6.92 Å². The second-order valence-corrected chi connectivity index (χ2v) is 6.12. The molecule has 0 fully saturated rings. The van der Waals surface area contributed by atoms with Gasteiger partial charge < -0.3 is 5.11 Å². The van der Waals surface area contributed by atoms with Crippen LogP contribution < -0.4 is 0 Å². The highest BCUT2D eigenvalue weighted by Gasteiger charge is 2.04. The van der Waals surface area contributed by atoms with E-state index in [0.717, 1.165) is 12.8 Å². The van der Waals surface area contributed by atoms with Crippen molar-refractivity contribution in [1.82, 2.24) is 4.90 Å². The van der Waals surface area contributed by atoms with Gasteiger partial charge in [0, 0.05) is 0 Å². The first-order valence-corrected chi connectivity index (χ1v) is 8.53. The van der Waals surface area contributed by atoms with Gasteiger partial charge in [-0.2, -0.15) is 0 Å². The lowest BCUT2D eigenvalue weighted by atomic mass is 10.0. The maximum Gasteiger partial charge on any atom is 0.106 e. The summed E-state index contributed by atoms with van der Waals surface area (Å²) in [5, 5.41) is 9.61. The SMILES string of the molecule is CCCCCCCCCCCCCCC(O)N(C)C. The fourth-order valence-electron chi connectivity index (χ4n) is 2.43. The first-order valence-electron chi connectivity index (χ1n) is 8.53. The number of hydrogen-bond donors (Lipinski definition) is 1. The van der Waals surface area contributed by atoms with Crippen molar-refractivity contribution >= 4 is 0 Å². The smallest absolute Gasteiger partial charge is 0.106 e. The van der Waals surface area contributed by atoms with Crippen LogP contribution in [-0.2, 0) is 0 Å². The van der Waals surface area contributed by atoms with E-state index >= 15 is 0 Å². The number of rotatable bonds is 14. The molecule has 0 heterocycles. The maximum atomic E-state index is 9.61. The Bertz CT molecular complexity index is 171. The van der Waals surface area contributed by atoms with Gasteiger partial charge >= 0.3 is 0 Å². The highest BCUT2D eigenvalue weighted by Crippen LogP contribution is 2.13. The van der Waals surface area contributed by atoms with E-state index in [1.165, 1.54) is 70.6 Å². The molecular weight excluding hydrogens is 234 g/mol. The molecule has 0 rings (SSSR count). The summed E-state index contributed by atoms with van der Waals surface area (Å²) in [7, 11) is 3.87. The third-order valence-electron chi connectivity index (χ3n) is 3.91. The molecule has 0 aromatic rings. The van der Waals surface area contributed by atoms with Crippen LogP contribution in [0.5, 0.6) is 0 Å². The third-order valence-corrected chi connectivity index (χ3v) is 3.91. The standard InChI is InChI=1S/C17H37NO/c1-4-5-6-7-8-9-10-11-12-13-14-15-16-17(19)18(2)3/h17,19H,4-16H2,1-3H3. The Kier molecular flexibility index (Phi) is 14.3. The Morgan fingerprint density at radius 2 is 1.05 bits per heavy atom. The Balaban J connectivity index is 3.03. The molecule has 116 valence electrons. The number of aliphatic hydroxyl groups is 1. The summed E-state index contributed by atoms with van der Waals surface area (Å²) in [4.78, 5) is 1.89. The van der Waals surface area contributed by atoms with Gasteiger partial charge in [-0.1, -0.05) is 77.6 Å². The summed E-state index contributed by atoms with van der Waals surface area (Å²) in [5.41, 5.74) is 0. The van der Waals surface area contributed by atoms with E-state index < -0.39 is 0 Å². The van der Waals surface area contributed by atoms with Crippen LogP contribution in [0, 0.1) is 0 Å². The molecule has 0 spiro atoms. The molecule has 0 amide bonds. The molecule has 0 aliphatic heterocycles. The van der Waals surface area contributed by atoms with Crippen molar-refractivity contribution < 1.29 is 5.11 Å². The molecule has 0 saturated carbocycles. The molecule has 1 N–H and O–H groups in total. The summed E-state index contributed by atoms with van der Waals surface area (Å²) >= 11 is 0. The van der Waals surface area contributed by atoms with E-state index in [9.17, 15) is 5.11 Å². The van der Waals surface area contributed by atoms with Gasteiger partial charge in [0.05, 0.1) is 0 Å². The van der Waals surface area contributed by atoms with Crippen LogP contribution in [0.2, 0.25) is 0 Å². The Hall–Kier alpha value is -0.0800. The molecule has 0 aliphatic carbocycles. The number of aliphatic hydroxyl groups excluding tert-OH is 1. The summed E-state index contributed by atoms with van der Waals surface area (Å²) in [6, 6.07) is 0. The zero-order valence-corrected chi connectivity index (χ0v) is 13.7. The molecule has 0 aromatic heterocycles. The average Bonchev–Trinajstić information content (AvgIpc) is 2.39. The largest absolute Gasteiger partial charge is 0.378 e. The lowest BCUT2D eigenvalue weighted by Crippen LogP contribution is -2.27. The summed E-state index contributed by atoms with van der Waals surface area (Å²) < 4.78 is 0. The van der Waals surface area contributed by atoms with E-state index in [1.54, 1.807) is 0 Å². The van der Waals surface area contributed by atoms with Crippen LogP contribution in [0.25, 0.3) is 0 Å². The van der Waals surface area contributed by atoms with Crippen molar-refractivity contribution in [2.45, 2.75) is 96.6 Å². The fraction of sp³-hybridized carbons (Fsp3) is 1.00. The van der Waals surface area contributed by atoms with Crippen molar-refractivity contribution in [3.05, 3.63) is 0 Å². The van der Waals surface area contributed by atoms with Gasteiger partial charge in [-0.25, -0.2) is 0 Å². The number of nitrogens with zero attached hydrogens (tertiary/aromatic N) is 1. The molecule has 1 unspecified atom stereocenters. The molecule has 0 radical (unpaired) electrons. The molecule has 0 aromatic carbocycles. The van der Waals surface area contributed by atoms with E-state index in [1.807, 2.05) is 19.0 Å². The molecule has 0 saturated heterocycles. The molecule has 2 heteroatoms. The van der Waals surface area contributed by atoms with Crippen LogP contribution in [0.4, 0.5) is 0 Å². The average molecular weight is 271 g/mol. The molecule has 2 nitrogen and oxygen atoms in total. The molecule has 0 aliphatic rings. The summed E-state index contributed by atoms with van der Waals surface area (Å²) in [5.74, 6) is 0. The predicted octanol–water partition coefficient (Wildman–Crippen LogP) is 4.96. The highest BCUT2D eigenvalue weighted by molar-refractivity contribution is 4.53. The van der Waals surface area contributed by atoms with Crippen molar-refractivity contribution in [3.63, 3.8) is 0 Å². The third kappa shape index (κ3) is 14.1. The van der Waals surface area contributed by atoms with Gasteiger partial charge in [-0.15, -0.1) is 0 Å². The fourth-order valence-corrected chi connectivity index (χ4v) is 2.43. The quantitative estimate of drug-likeness (QED) is 0.356. The molecule has 1 atom stereocenters. The van der Waals surface area contributed by atoms with E-state index in [0.29, 0.717) is 0 Å². The van der Waals surface area contributed by atoms with E-state index in [4.69, 9.17) is 0 Å². The summed E-state index contributed by atoms with van der Waals surface area (Å²) in [6.07, 6.45) is 17.2. The zero-order chi connectivity index (χ0) is 14.3. The van der Waals surface area contributed by atoms with Gasteiger partial charge in [0.15, 0.2) is 0 Å². The number of hydrogen-bond acceptors (Lipinski definition) is 2. The van der Waals surface area contributed by atoms with Gasteiger partial charge in [-0.05, 0) is 26.9 Å². The second kappa shape index (κ2) is 14.3. The lowest BCUT2D eigenvalue weighted by molar-refractivity contribution is 0.0313. The first kappa shape index (κ1) is 18.9. The first-order chi connectivity index (χ1) is 9.18. The summed E-state index contributed by atoms with van der Waals surface area (Å²) in [6.45, 7) is 2.28. The second-order valence-electron chi connectivity index (χ2n) is 6.12. The lowest BCUT2D eigenvalue weighted by Gasteiger charge is -2.17. The molecule has 0 bridgehead atoms. The van der Waals surface area contributed by atoms with Gasteiger partial charge in [0.25, 0.3) is 0 Å². The van der Waals surface area contributed by atoms with Crippen LogP contribution >= 0.6 is 0 Å². The highest BCUT2D eigenvalue weighted by atomic mass is 16.3. The van der Waals surface area contributed by atoms with Crippen LogP contribution in [0.3, 0.4) is 0 Å². The Morgan fingerprint density at radius 3 is 1.42 bits per heavy atom. The topological polar surface area (TPSA) is 23.5 Å². The van der Waals surface area contributed by atoms with E-state index in [-0.39, 0.29) is 6.23 Å². The van der Waals surface area contributed by atoms with Gasteiger partial charge in [0.2, 0.25) is 0 Å². The minimum atomic E-state index is -0.247. The van der Waals surface area contributed by atoms with Crippen LogP contribution in [-0.4, -0.2) is 30.3 Å². The van der Waals surface area contributed by atoms with Gasteiger partial charge in [0.1, 0.15) is 6.23 Å². The van der Waals surface area contributed by atoms with Crippen LogP contribution in [0.15, 0.2) is 0 Å². The minimum Gasteiger partial charge on any atom is -0.378 e. The predicted molar refractivity (Wildman–Crippen MR) is 85.4 cm³/mol. The zero-order valence-electron chi connectivity index (χ0n) is 13.7. The van der Waals surface area contributed by atoms with Crippen LogP contribution in [0.1, 0.15) is 90.4 Å². The molecule has 19 heavy (non-hydrogen) atoms. The van der Waals surface area contributed by atoms with Crippen molar-refractivity contribution in [1.29, 1.82) is 0 Å².